The van der Waals surface area contributed by atoms with E-state index in [1.807, 2.05) is 49.5 Å². The molecule has 2 aromatic rings. The maximum Gasteiger partial charge on any atom is 0.0626 e. The lowest BCUT2D eigenvalue weighted by atomic mass is 10.2. The molecule has 0 spiro atoms. The Hall–Kier alpha value is -1.96. The zero-order valence-electron chi connectivity index (χ0n) is 11.3. The van der Waals surface area contributed by atoms with Gasteiger partial charge in [-0.05, 0) is 50.1 Å². The minimum absolute atomic E-state index is 1.01. The van der Waals surface area contributed by atoms with Crippen LogP contribution in [0.25, 0.3) is 6.08 Å². The van der Waals surface area contributed by atoms with E-state index < -0.39 is 0 Å². The summed E-state index contributed by atoms with van der Waals surface area (Å²) in [5, 5.41) is 0. The summed E-state index contributed by atoms with van der Waals surface area (Å²) in [5.74, 6) is 0. The van der Waals surface area contributed by atoms with Crippen molar-refractivity contribution >= 4 is 6.08 Å². The molecule has 0 fully saturated rings. The lowest BCUT2D eigenvalue weighted by Gasteiger charge is -1.97. The monoisotopic (exact) mass is 240 g/mol. The third-order valence-corrected chi connectivity index (χ3v) is 2.48. The zero-order chi connectivity index (χ0) is 13.2. The van der Waals surface area contributed by atoms with Crippen molar-refractivity contribution in [2.75, 3.05) is 0 Å². The first-order chi connectivity index (χ1) is 8.77. The molecule has 94 valence electrons. The quantitative estimate of drug-likeness (QED) is 0.791. The predicted octanol–water partition coefficient (Wildman–Crippen LogP) is 4.07. The number of rotatable bonds is 2. The van der Waals surface area contributed by atoms with Gasteiger partial charge in [-0.2, -0.15) is 0 Å². The molecule has 18 heavy (non-hydrogen) atoms. The van der Waals surface area contributed by atoms with E-state index in [4.69, 9.17) is 0 Å². The third kappa shape index (κ3) is 4.91. The first kappa shape index (κ1) is 14.1. The van der Waals surface area contributed by atoms with Gasteiger partial charge in [0.2, 0.25) is 0 Å². The van der Waals surface area contributed by atoms with Crippen molar-refractivity contribution in [3.05, 3.63) is 65.8 Å². The van der Waals surface area contributed by atoms with Crippen LogP contribution in [-0.4, -0.2) is 9.97 Å². The smallest absolute Gasteiger partial charge is 0.0626 e. The Labute approximate surface area is 109 Å². The van der Waals surface area contributed by atoms with Gasteiger partial charge in [0.1, 0.15) is 0 Å². The molecule has 2 aromatic heterocycles. The number of aryl methyl sites for hydroxylation is 2. The summed E-state index contributed by atoms with van der Waals surface area (Å²) >= 11 is 0. The third-order valence-electron chi connectivity index (χ3n) is 2.48. The SMILES string of the molecule is CC=Cc1ccccn1.CCc1ncccc1C. The van der Waals surface area contributed by atoms with Crippen LogP contribution in [0.4, 0.5) is 0 Å². The first-order valence-corrected chi connectivity index (χ1v) is 6.22. The van der Waals surface area contributed by atoms with Crippen molar-refractivity contribution in [1.82, 2.24) is 9.97 Å². The Morgan fingerprint density at radius 3 is 2.33 bits per heavy atom. The van der Waals surface area contributed by atoms with Gasteiger partial charge in [-0.25, -0.2) is 0 Å². The molecule has 0 aliphatic heterocycles. The van der Waals surface area contributed by atoms with Crippen molar-refractivity contribution < 1.29 is 0 Å². The summed E-state index contributed by atoms with van der Waals surface area (Å²) in [4.78, 5) is 8.28. The van der Waals surface area contributed by atoms with E-state index in [9.17, 15) is 0 Å². The highest BCUT2D eigenvalue weighted by Crippen LogP contribution is 2.02. The van der Waals surface area contributed by atoms with Gasteiger partial charge in [-0.15, -0.1) is 0 Å². The highest BCUT2D eigenvalue weighted by atomic mass is 14.7. The average molecular weight is 240 g/mol. The van der Waals surface area contributed by atoms with Crippen LogP contribution in [0.1, 0.15) is 30.8 Å². The van der Waals surface area contributed by atoms with Gasteiger partial charge in [0, 0.05) is 18.1 Å². The van der Waals surface area contributed by atoms with Gasteiger partial charge in [0.15, 0.2) is 0 Å². The fourth-order valence-corrected chi connectivity index (χ4v) is 1.53. The molecular formula is C16H20N2. The van der Waals surface area contributed by atoms with Crippen molar-refractivity contribution in [2.24, 2.45) is 0 Å². The molecule has 2 heteroatoms. The van der Waals surface area contributed by atoms with Gasteiger partial charge in [-0.3, -0.25) is 9.97 Å². The van der Waals surface area contributed by atoms with Crippen molar-refractivity contribution in [3.63, 3.8) is 0 Å². The van der Waals surface area contributed by atoms with Gasteiger partial charge >= 0.3 is 0 Å². The van der Waals surface area contributed by atoms with Crippen molar-refractivity contribution in [3.8, 4) is 0 Å². The van der Waals surface area contributed by atoms with E-state index in [1.165, 1.54) is 11.3 Å². The second kappa shape index (κ2) is 8.18. The lowest BCUT2D eigenvalue weighted by Crippen LogP contribution is -1.88. The molecule has 0 aromatic carbocycles. The minimum atomic E-state index is 1.01. The second-order valence-electron chi connectivity index (χ2n) is 3.88. The highest BCUT2D eigenvalue weighted by Gasteiger charge is 1.91. The van der Waals surface area contributed by atoms with Crippen LogP contribution in [0.5, 0.6) is 0 Å². The largest absolute Gasteiger partial charge is 0.261 e. The number of allylic oxidation sites excluding steroid dienone is 1. The summed E-state index contributed by atoms with van der Waals surface area (Å²) in [6, 6.07) is 9.91. The molecule has 0 saturated heterocycles. The second-order valence-corrected chi connectivity index (χ2v) is 3.88. The fraction of sp³-hybridized carbons (Fsp3) is 0.250. The molecule has 0 radical (unpaired) electrons. The van der Waals surface area contributed by atoms with Gasteiger partial charge in [-0.1, -0.05) is 25.1 Å². The number of nitrogens with zero attached hydrogens (tertiary/aromatic N) is 2. The number of hydrogen-bond acceptors (Lipinski definition) is 2. The van der Waals surface area contributed by atoms with E-state index in [-0.39, 0.29) is 0 Å². The van der Waals surface area contributed by atoms with Crippen LogP contribution in [0.15, 0.2) is 48.8 Å². The van der Waals surface area contributed by atoms with Crippen LogP contribution in [0.2, 0.25) is 0 Å². The number of pyridine rings is 2. The summed E-state index contributed by atoms with van der Waals surface area (Å²) in [6.45, 7) is 6.19. The summed E-state index contributed by atoms with van der Waals surface area (Å²) in [5.41, 5.74) is 3.51. The molecule has 2 heterocycles. The number of aromatic nitrogens is 2. The van der Waals surface area contributed by atoms with Crippen LogP contribution in [0.3, 0.4) is 0 Å². The Morgan fingerprint density at radius 2 is 1.83 bits per heavy atom. The number of hydrogen-bond donors (Lipinski definition) is 0. The zero-order valence-corrected chi connectivity index (χ0v) is 11.3. The highest BCUT2D eigenvalue weighted by molar-refractivity contribution is 5.42. The van der Waals surface area contributed by atoms with E-state index >= 15 is 0 Å². The van der Waals surface area contributed by atoms with Crippen LogP contribution >= 0.6 is 0 Å². The summed E-state index contributed by atoms with van der Waals surface area (Å²) < 4.78 is 0. The van der Waals surface area contributed by atoms with Crippen molar-refractivity contribution in [1.29, 1.82) is 0 Å². The molecule has 0 atom stereocenters. The summed E-state index contributed by atoms with van der Waals surface area (Å²) in [7, 11) is 0. The standard InChI is InChI=1S/C8H11N.C8H9N/c1-3-8-7(2)5-4-6-9-8;1-2-5-8-6-3-4-7-9-8/h4-6H,3H2,1-2H3;2-7H,1H3. The molecule has 0 amide bonds. The first-order valence-electron chi connectivity index (χ1n) is 6.22. The molecule has 2 nitrogen and oxygen atoms in total. The van der Waals surface area contributed by atoms with E-state index in [2.05, 4.69) is 29.9 Å². The van der Waals surface area contributed by atoms with Gasteiger partial charge < -0.3 is 0 Å². The normalized spacial score (nSPS) is 9.94. The van der Waals surface area contributed by atoms with Crippen LogP contribution in [-0.2, 0) is 6.42 Å². The maximum atomic E-state index is 4.20. The molecule has 0 saturated carbocycles. The molecule has 0 aliphatic carbocycles. The Kier molecular flexibility index (Phi) is 6.41. The predicted molar refractivity (Wildman–Crippen MR) is 77.3 cm³/mol. The topological polar surface area (TPSA) is 25.8 Å². The lowest BCUT2D eigenvalue weighted by molar-refractivity contribution is 1.01. The summed E-state index contributed by atoms with van der Waals surface area (Å²) in [6.07, 6.45) is 8.61. The molecule has 0 aliphatic rings. The Bertz CT molecular complexity index is 475. The Balaban J connectivity index is 0.000000180. The molecular weight excluding hydrogens is 220 g/mol. The van der Waals surface area contributed by atoms with Gasteiger partial charge in [0.25, 0.3) is 0 Å². The Morgan fingerprint density at radius 1 is 1.06 bits per heavy atom. The fourth-order valence-electron chi connectivity index (χ4n) is 1.53. The molecule has 0 bridgehead atoms. The molecule has 0 N–H and O–H groups in total. The molecule has 0 unspecified atom stereocenters. The van der Waals surface area contributed by atoms with Crippen LogP contribution in [0, 0.1) is 6.92 Å². The van der Waals surface area contributed by atoms with Crippen LogP contribution < -0.4 is 0 Å². The minimum Gasteiger partial charge on any atom is -0.261 e. The van der Waals surface area contributed by atoms with E-state index in [0.29, 0.717) is 0 Å². The molecule has 2 rings (SSSR count). The average Bonchev–Trinajstić information content (AvgIpc) is 2.42. The maximum absolute atomic E-state index is 4.20. The van der Waals surface area contributed by atoms with E-state index in [0.717, 1.165) is 12.1 Å². The van der Waals surface area contributed by atoms with Crippen molar-refractivity contribution in [2.45, 2.75) is 27.2 Å². The van der Waals surface area contributed by atoms with Gasteiger partial charge in [0.05, 0.1) is 5.69 Å². The van der Waals surface area contributed by atoms with E-state index in [1.54, 1.807) is 6.20 Å².